The number of anilines is 1. The number of rotatable bonds is 6. The highest BCUT2D eigenvalue weighted by molar-refractivity contribution is 7.22. The Morgan fingerprint density at radius 1 is 1.29 bits per heavy atom. The van der Waals surface area contributed by atoms with Gasteiger partial charge in [0.05, 0.1) is 24.1 Å². The second-order valence-electron chi connectivity index (χ2n) is 6.44. The van der Waals surface area contributed by atoms with Crippen LogP contribution in [0.2, 0.25) is 0 Å². The smallest absolute Gasteiger partial charge is 0.280 e. The van der Waals surface area contributed by atoms with Gasteiger partial charge in [-0.25, -0.2) is 14.4 Å². The van der Waals surface area contributed by atoms with Gasteiger partial charge in [-0.15, -0.1) is 0 Å². The second-order valence-corrected chi connectivity index (χ2v) is 7.45. The first-order chi connectivity index (χ1) is 13.7. The quantitative estimate of drug-likeness (QED) is 0.632. The molecule has 0 N–H and O–H groups in total. The molecular formula is C19H20FN5O2S. The lowest BCUT2D eigenvalue weighted by molar-refractivity contribution is 0.0376. The molecule has 1 saturated heterocycles. The molecule has 3 aromatic rings. The van der Waals surface area contributed by atoms with Crippen LogP contribution in [-0.4, -0.2) is 65.2 Å². The topological polar surface area (TPSA) is 71.5 Å². The Kier molecular flexibility index (Phi) is 5.84. The SMILES string of the molecule is O=C(c1cnccn1)N(CCCN1CCOCC1)c1nc2c(F)cccc2s1. The summed E-state index contributed by atoms with van der Waals surface area (Å²) in [5.74, 6) is -0.672. The van der Waals surface area contributed by atoms with E-state index in [1.165, 1.54) is 36.0 Å². The number of hydrogen-bond donors (Lipinski definition) is 0. The third kappa shape index (κ3) is 4.16. The van der Waals surface area contributed by atoms with Crippen LogP contribution >= 0.6 is 11.3 Å². The molecule has 0 spiro atoms. The summed E-state index contributed by atoms with van der Waals surface area (Å²) in [7, 11) is 0. The standard InChI is InChI=1S/C19H20FN5O2S/c20-14-3-1-4-16-17(14)23-19(28-16)25(18(26)15-13-21-5-6-22-15)8-2-7-24-9-11-27-12-10-24/h1,3-6,13H,2,7-12H2. The van der Waals surface area contributed by atoms with Gasteiger partial charge >= 0.3 is 0 Å². The number of ether oxygens (including phenoxy) is 1. The number of benzene rings is 1. The molecule has 0 atom stereocenters. The Bertz CT molecular complexity index is 946. The summed E-state index contributed by atoms with van der Waals surface area (Å²) < 4.78 is 20.2. The minimum absolute atomic E-state index is 0.244. The zero-order valence-electron chi connectivity index (χ0n) is 15.3. The molecule has 0 saturated carbocycles. The number of carbonyl (C=O) groups is 1. The molecular weight excluding hydrogens is 381 g/mol. The number of carbonyl (C=O) groups excluding carboxylic acids is 1. The molecule has 0 bridgehead atoms. The summed E-state index contributed by atoms with van der Waals surface area (Å²) in [6, 6.07) is 4.82. The molecule has 0 unspecified atom stereocenters. The van der Waals surface area contributed by atoms with E-state index in [0.717, 1.165) is 39.3 Å². The maximum Gasteiger partial charge on any atom is 0.280 e. The summed E-state index contributed by atoms with van der Waals surface area (Å²) >= 11 is 1.30. The summed E-state index contributed by atoms with van der Waals surface area (Å²) in [5, 5.41) is 0.470. The molecule has 0 aliphatic carbocycles. The average Bonchev–Trinajstić information content (AvgIpc) is 3.17. The van der Waals surface area contributed by atoms with Crippen LogP contribution in [0.1, 0.15) is 16.9 Å². The predicted molar refractivity (Wildman–Crippen MR) is 105 cm³/mol. The Morgan fingerprint density at radius 3 is 2.89 bits per heavy atom. The summed E-state index contributed by atoms with van der Waals surface area (Å²) in [6.07, 6.45) is 5.21. The molecule has 7 nitrogen and oxygen atoms in total. The van der Waals surface area contributed by atoms with E-state index in [0.29, 0.717) is 16.4 Å². The van der Waals surface area contributed by atoms with E-state index in [1.54, 1.807) is 17.0 Å². The van der Waals surface area contributed by atoms with Gasteiger partial charge in [-0.3, -0.25) is 19.6 Å². The van der Waals surface area contributed by atoms with Gasteiger partial charge in [0, 0.05) is 38.6 Å². The minimum atomic E-state index is -0.389. The molecule has 1 fully saturated rings. The van der Waals surface area contributed by atoms with Crippen molar-refractivity contribution in [3.63, 3.8) is 0 Å². The number of thiazole rings is 1. The summed E-state index contributed by atoms with van der Waals surface area (Å²) in [4.78, 5) is 29.4. The molecule has 1 aliphatic heterocycles. The van der Waals surface area contributed by atoms with E-state index in [9.17, 15) is 9.18 Å². The molecule has 146 valence electrons. The molecule has 9 heteroatoms. The zero-order valence-corrected chi connectivity index (χ0v) is 16.1. The Labute approximate surface area is 165 Å². The fraction of sp³-hybridized carbons (Fsp3) is 0.368. The van der Waals surface area contributed by atoms with Gasteiger partial charge < -0.3 is 4.74 Å². The molecule has 3 heterocycles. The van der Waals surface area contributed by atoms with E-state index in [2.05, 4.69) is 19.9 Å². The normalized spacial score (nSPS) is 15.0. The van der Waals surface area contributed by atoms with Crippen LogP contribution in [0.15, 0.2) is 36.8 Å². The second kappa shape index (κ2) is 8.68. The maximum atomic E-state index is 14.1. The number of morpholine rings is 1. The Balaban J connectivity index is 1.56. The third-order valence-corrected chi connectivity index (χ3v) is 5.62. The molecule has 2 aromatic heterocycles. The van der Waals surface area contributed by atoms with Crippen LogP contribution in [0, 0.1) is 5.82 Å². The van der Waals surface area contributed by atoms with Crippen LogP contribution < -0.4 is 4.90 Å². The van der Waals surface area contributed by atoms with Gasteiger partial charge in [-0.2, -0.15) is 0 Å². The van der Waals surface area contributed by atoms with Crippen molar-refractivity contribution < 1.29 is 13.9 Å². The molecule has 28 heavy (non-hydrogen) atoms. The Morgan fingerprint density at radius 2 is 2.14 bits per heavy atom. The van der Waals surface area contributed by atoms with Crippen LogP contribution in [0.5, 0.6) is 0 Å². The van der Waals surface area contributed by atoms with Gasteiger partial charge in [-0.05, 0) is 18.6 Å². The van der Waals surface area contributed by atoms with Gasteiger partial charge in [0.25, 0.3) is 5.91 Å². The van der Waals surface area contributed by atoms with Crippen LogP contribution in [0.25, 0.3) is 10.2 Å². The lowest BCUT2D eigenvalue weighted by Crippen LogP contribution is -2.39. The highest BCUT2D eigenvalue weighted by Crippen LogP contribution is 2.31. The van der Waals surface area contributed by atoms with Crippen molar-refractivity contribution in [2.75, 3.05) is 44.3 Å². The maximum absolute atomic E-state index is 14.1. The van der Waals surface area contributed by atoms with E-state index >= 15 is 0 Å². The number of fused-ring (bicyclic) bond motifs is 1. The van der Waals surface area contributed by atoms with Crippen LogP contribution in [0.3, 0.4) is 0 Å². The van der Waals surface area contributed by atoms with Crippen molar-refractivity contribution in [2.24, 2.45) is 0 Å². The molecule has 1 aromatic carbocycles. The van der Waals surface area contributed by atoms with Crippen LogP contribution in [0.4, 0.5) is 9.52 Å². The fourth-order valence-corrected chi connectivity index (χ4v) is 4.13. The first kappa shape index (κ1) is 18.9. The van der Waals surface area contributed by atoms with Crippen molar-refractivity contribution in [1.82, 2.24) is 19.9 Å². The van der Waals surface area contributed by atoms with Crippen LogP contribution in [-0.2, 0) is 4.74 Å². The van der Waals surface area contributed by atoms with Crippen molar-refractivity contribution in [3.05, 3.63) is 48.3 Å². The number of nitrogens with zero attached hydrogens (tertiary/aromatic N) is 5. The highest BCUT2D eigenvalue weighted by atomic mass is 32.1. The van der Waals surface area contributed by atoms with Crippen molar-refractivity contribution in [1.29, 1.82) is 0 Å². The van der Waals surface area contributed by atoms with E-state index in [-0.39, 0.29) is 22.9 Å². The molecule has 0 radical (unpaired) electrons. The molecule has 1 amide bonds. The highest BCUT2D eigenvalue weighted by Gasteiger charge is 2.23. The minimum Gasteiger partial charge on any atom is -0.379 e. The number of aromatic nitrogens is 3. The van der Waals surface area contributed by atoms with Gasteiger partial charge in [0.1, 0.15) is 17.0 Å². The number of halogens is 1. The largest absolute Gasteiger partial charge is 0.379 e. The van der Waals surface area contributed by atoms with E-state index < -0.39 is 0 Å². The van der Waals surface area contributed by atoms with Crippen molar-refractivity contribution in [2.45, 2.75) is 6.42 Å². The Hall–Kier alpha value is -2.49. The van der Waals surface area contributed by atoms with Crippen molar-refractivity contribution in [3.8, 4) is 0 Å². The van der Waals surface area contributed by atoms with Gasteiger partial charge in [0.2, 0.25) is 0 Å². The first-order valence-electron chi connectivity index (χ1n) is 9.15. The van der Waals surface area contributed by atoms with Crippen molar-refractivity contribution >= 4 is 32.6 Å². The van der Waals surface area contributed by atoms with E-state index in [1.807, 2.05) is 0 Å². The van der Waals surface area contributed by atoms with E-state index in [4.69, 9.17) is 4.74 Å². The lowest BCUT2D eigenvalue weighted by atomic mass is 10.3. The summed E-state index contributed by atoms with van der Waals surface area (Å²) in [5.41, 5.74) is 0.529. The fourth-order valence-electron chi connectivity index (χ4n) is 3.13. The third-order valence-electron chi connectivity index (χ3n) is 4.58. The number of amides is 1. The average molecular weight is 401 g/mol. The number of para-hydroxylation sites is 1. The molecule has 4 rings (SSSR count). The summed E-state index contributed by atoms with van der Waals surface area (Å²) in [6.45, 7) is 4.58. The number of hydrogen-bond acceptors (Lipinski definition) is 7. The monoisotopic (exact) mass is 401 g/mol. The zero-order chi connectivity index (χ0) is 19.3. The van der Waals surface area contributed by atoms with Gasteiger partial charge in [-0.1, -0.05) is 17.4 Å². The lowest BCUT2D eigenvalue weighted by Gasteiger charge is -2.27. The predicted octanol–water partition coefficient (Wildman–Crippen LogP) is 2.59. The van der Waals surface area contributed by atoms with Gasteiger partial charge in [0.15, 0.2) is 5.13 Å². The first-order valence-corrected chi connectivity index (χ1v) is 9.97. The molecule has 1 aliphatic rings.